The van der Waals surface area contributed by atoms with Crippen molar-refractivity contribution in [3.8, 4) is 0 Å². The van der Waals surface area contributed by atoms with E-state index in [9.17, 15) is 4.91 Å². The average Bonchev–Trinajstić information content (AvgIpc) is 2.72. The molecule has 0 aliphatic heterocycles. The molecule has 0 bridgehead atoms. The lowest BCUT2D eigenvalue weighted by molar-refractivity contribution is 0.593. The molecular weight excluding hydrogens is 346 g/mol. The van der Waals surface area contributed by atoms with E-state index in [1.54, 1.807) is 12.4 Å². The van der Waals surface area contributed by atoms with Gasteiger partial charge in [0.2, 0.25) is 0 Å². The van der Waals surface area contributed by atoms with Gasteiger partial charge in [-0.3, -0.25) is 4.98 Å². The number of nitroso groups, excluding NO2 is 1. The number of aryl methyl sites for hydroxylation is 2. The lowest BCUT2D eigenvalue weighted by Crippen LogP contribution is -2.10. The second-order valence-corrected chi connectivity index (χ2v) is 7.52. The molecule has 144 valence electrons. The molecule has 0 fully saturated rings. The van der Waals surface area contributed by atoms with Gasteiger partial charge in [-0.05, 0) is 72.4 Å². The molecule has 4 nitrogen and oxygen atoms in total. The predicted molar refractivity (Wildman–Crippen MR) is 116 cm³/mol. The summed E-state index contributed by atoms with van der Waals surface area (Å²) < 4.78 is 0. The normalized spacial score (nSPS) is 13.0. The highest BCUT2D eigenvalue weighted by Gasteiger charge is 2.22. The maximum Gasteiger partial charge on any atom is 0.118 e. The zero-order valence-corrected chi connectivity index (χ0v) is 17.0. The molecule has 3 rings (SSSR count). The number of benzene rings is 2. The molecule has 0 radical (unpaired) electrons. The van der Waals surface area contributed by atoms with Crippen LogP contribution in [0.25, 0.3) is 0 Å². The summed E-state index contributed by atoms with van der Waals surface area (Å²) in [6.45, 7) is 4.25. The molecule has 0 aliphatic carbocycles. The second-order valence-electron chi connectivity index (χ2n) is 7.52. The van der Waals surface area contributed by atoms with E-state index in [0.717, 1.165) is 11.3 Å². The molecule has 1 heterocycles. The van der Waals surface area contributed by atoms with Gasteiger partial charge in [0.25, 0.3) is 0 Å². The van der Waals surface area contributed by atoms with E-state index in [0.29, 0.717) is 6.42 Å². The Balaban J connectivity index is 2.00. The number of aromatic nitrogens is 1. The van der Waals surface area contributed by atoms with E-state index in [1.807, 2.05) is 26.2 Å². The zero-order chi connectivity index (χ0) is 20.1. The van der Waals surface area contributed by atoms with Gasteiger partial charge >= 0.3 is 0 Å². The van der Waals surface area contributed by atoms with E-state index in [2.05, 4.69) is 71.4 Å². The van der Waals surface area contributed by atoms with Crippen molar-refractivity contribution in [1.82, 2.24) is 4.98 Å². The Bertz CT molecular complexity index is 920. The maximum atomic E-state index is 11.7. The van der Waals surface area contributed by atoms with E-state index in [-0.39, 0.29) is 5.92 Å². The van der Waals surface area contributed by atoms with Crippen molar-refractivity contribution in [2.24, 2.45) is 5.18 Å². The van der Waals surface area contributed by atoms with Gasteiger partial charge in [0.15, 0.2) is 0 Å². The number of hydrogen-bond acceptors (Lipinski definition) is 4. The largest absolute Gasteiger partial charge is 0.378 e. The quantitative estimate of drug-likeness (QED) is 0.492. The van der Waals surface area contributed by atoms with Crippen LogP contribution in [0.5, 0.6) is 0 Å². The summed E-state index contributed by atoms with van der Waals surface area (Å²) in [5.41, 5.74) is 6.99. The van der Waals surface area contributed by atoms with Gasteiger partial charge in [-0.25, -0.2) is 0 Å². The van der Waals surface area contributed by atoms with Crippen LogP contribution in [0, 0.1) is 18.8 Å². The minimum Gasteiger partial charge on any atom is -0.378 e. The number of nitrogens with zero attached hydrogens (tertiary/aromatic N) is 3. The Hall–Kier alpha value is -3.01. The number of rotatable bonds is 7. The first-order valence-corrected chi connectivity index (χ1v) is 9.56. The molecule has 1 aromatic heterocycles. The van der Waals surface area contributed by atoms with Gasteiger partial charge in [0.1, 0.15) is 6.04 Å². The van der Waals surface area contributed by atoms with Crippen molar-refractivity contribution < 1.29 is 0 Å². The summed E-state index contributed by atoms with van der Waals surface area (Å²) in [6.07, 6.45) is 4.05. The van der Waals surface area contributed by atoms with Crippen molar-refractivity contribution >= 4 is 5.69 Å². The Morgan fingerprint density at radius 3 is 2.07 bits per heavy atom. The molecule has 0 spiro atoms. The van der Waals surface area contributed by atoms with Crippen LogP contribution >= 0.6 is 0 Å². The van der Waals surface area contributed by atoms with Crippen LogP contribution in [-0.4, -0.2) is 19.1 Å². The Morgan fingerprint density at radius 2 is 1.50 bits per heavy atom. The standard InChI is InChI=1S/C24H27N3O/c1-17-5-6-21(15-18(17)2)23(19-7-9-22(10-8-19)27(3)4)16-24(26-28)20-11-13-25-14-12-20/h5-15,23-24H,16H2,1-4H3. The van der Waals surface area contributed by atoms with Crippen LogP contribution in [0.1, 0.15) is 46.2 Å². The molecule has 2 aromatic carbocycles. The molecule has 4 heteroatoms. The van der Waals surface area contributed by atoms with Gasteiger partial charge < -0.3 is 4.90 Å². The number of hydrogen-bond donors (Lipinski definition) is 0. The third-order valence-corrected chi connectivity index (χ3v) is 5.42. The minimum absolute atomic E-state index is 0.0892. The summed E-state index contributed by atoms with van der Waals surface area (Å²) in [5.74, 6) is 0.0892. The zero-order valence-electron chi connectivity index (χ0n) is 17.0. The van der Waals surface area contributed by atoms with E-state index in [4.69, 9.17) is 0 Å². The average molecular weight is 374 g/mol. The Morgan fingerprint density at radius 1 is 0.857 bits per heavy atom. The van der Waals surface area contributed by atoms with Crippen molar-refractivity contribution in [2.45, 2.75) is 32.2 Å². The predicted octanol–water partition coefficient (Wildman–Crippen LogP) is 5.79. The monoisotopic (exact) mass is 373 g/mol. The van der Waals surface area contributed by atoms with E-state index < -0.39 is 6.04 Å². The molecule has 0 saturated heterocycles. The summed E-state index contributed by atoms with van der Waals surface area (Å²) in [4.78, 5) is 17.8. The maximum absolute atomic E-state index is 11.7. The van der Waals surface area contributed by atoms with Crippen LogP contribution in [0.2, 0.25) is 0 Å². The SMILES string of the molecule is Cc1ccc(C(CC(N=O)c2ccncc2)c2ccc(N(C)C)cc2)cc1C. The minimum atomic E-state index is -0.414. The smallest absolute Gasteiger partial charge is 0.118 e. The van der Waals surface area contributed by atoms with Gasteiger partial charge in [0.05, 0.1) is 0 Å². The Kier molecular flexibility index (Phi) is 6.19. The molecule has 2 atom stereocenters. The molecular formula is C24H27N3O. The fourth-order valence-electron chi connectivity index (χ4n) is 3.50. The molecule has 0 N–H and O–H groups in total. The molecule has 2 unspecified atom stereocenters. The van der Waals surface area contributed by atoms with Crippen molar-refractivity contribution in [2.75, 3.05) is 19.0 Å². The second kappa shape index (κ2) is 8.79. The highest BCUT2D eigenvalue weighted by atomic mass is 16.3. The van der Waals surface area contributed by atoms with Gasteiger partial charge in [-0.15, -0.1) is 0 Å². The fourth-order valence-corrected chi connectivity index (χ4v) is 3.50. The fraction of sp³-hybridized carbons (Fsp3) is 0.292. The van der Waals surface area contributed by atoms with Crippen molar-refractivity contribution in [3.63, 3.8) is 0 Å². The van der Waals surface area contributed by atoms with Crippen LogP contribution in [-0.2, 0) is 0 Å². The molecule has 0 aliphatic rings. The number of pyridine rings is 1. The van der Waals surface area contributed by atoms with Crippen LogP contribution in [0.15, 0.2) is 72.2 Å². The Labute approximate surface area is 167 Å². The van der Waals surface area contributed by atoms with E-state index >= 15 is 0 Å². The number of anilines is 1. The lowest BCUT2D eigenvalue weighted by atomic mass is 9.83. The van der Waals surface area contributed by atoms with Crippen molar-refractivity contribution in [3.05, 3.63) is 99.7 Å². The van der Waals surface area contributed by atoms with E-state index in [1.165, 1.54) is 22.3 Å². The van der Waals surface area contributed by atoms with Crippen LogP contribution in [0.3, 0.4) is 0 Å². The van der Waals surface area contributed by atoms with Crippen LogP contribution < -0.4 is 4.90 Å². The third-order valence-electron chi connectivity index (χ3n) is 5.42. The van der Waals surface area contributed by atoms with Gasteiger partial charge in [0, 0.05) is 38.1 Å². The topological polar surface area (TPSA) is 45.6 Å². The van der Waals surface area contributed by atoms with Crippen LogP contribution in [0.4, 0.5) is 5.69 Å². The highest BCUT2D eigenvalue weighted by molar-refractivity contribution is 5.48. The first-order valence-electron chi connectivity index (χ1n) is 9.56. The lowest BCUT2D eigenvalue weighted by Gasteiger charge is -2.23. The molecule has 0 saturated carbocycles. The first-order chi connectivity index (χ1) is 13.5. The summed E-state index contributed by atoms with van der Waals surface area (Å²) in [6, 6.07) is 18.4. The molecule has 0 amide bonds. The summed E-state index contributed by atoms with van der Waals surface area (Å²) in [7, 11) is 4.07. The van der Waals surface area contributed by atoms with Gasteiger partial charge in [-0.1, -0.05) is 35.5 Å². The summed E-state index contributed by atoms with van der Waals surface area (Å²) in [5, 5.41) is 3.45. The third kappa shape index (κ3) is 4.45. The van der Waals surface area contributed by atoms with Gasteiger partial charge in [-0.2, -0.15) is 4.91 Å². The molecule has 3 aromatic rings. The highest BCUT2D eigenvalue weighted by Crippen LogP contribution is 2.36. The molecule has 28 heavy (non-hydrogen) atoms. The first kappa shape index (κ1) is 19.7. The summed E-state index contributed by atoms with van der Waals surface area (Å²) >= 11 is 0. The van der Waals surface area contributed by atoms with Crippen molar-refractivity contribution in [1.29, 1.82) is 0 Å².